The molecule has 0 aliphatic carbocycles. The summed E-state index contributed by atoms with van der Waals surface area (Å²) in [5.74, 6) is 0.191. The van der Waals surface area contributed by atoms with Crippen LogP contribution in [0.25, 0.3) is 10.8 Å². The van der Waals surface area contributed by atoms with E-state index in [1.165, 1.54) is 0 Å². The molecule has 0 spiro atoms. The first-order valence-corrected chi connectivity index (χ1v) is 7.74. The highest BCUT2D eigenvalue weighted by Crippen LogP contribution is 2.30. The molecule has 1 unspecified atom stereocenters. The average Bonchev–Trinajstić information content (AvgIpc) is 2.51. The maximum absolute atomic E-state index is 12.3. The van der Waals surface area contributed by atoms with E-state index in [1.807, 2.05) is 30.3 Å². The summed E-state index contributed by atoms with van der Waals surface area (Å²) in [5.41, 5.74) is 0.888. The Balaban J connectivity index is 1.87. The monoisotopic (exact) mass is 332 g/mol. The number of benzene rings is 2. The van der Waals surface area contributed by atoms with Crippen molar-refractivity contribution in [2.75, 3.05) is 18.4 Å². The second-order valence-corrected chi connectivity index (χ2v) is 6.03. The van der Waals surface area contributed by atoms with E-state index in [-0.39, 0.29) is 11.8 Å². The molecule has 20 heavy (non-hydrogen) atoms. The van der Waals surface area contributed by atoms with Gasteiger partial charge in [-0.3, -0.25) is 4.79 Å². The quantitative estimate of drug-likeness (QED) is 0.883. The maximum Gasteiger partial charge on any atom is 0.228 e. The lowest BCUT2D eigenvalue weighted by atomic mass is 9.98. The molecule has 1 fully saturated rings. The van der Waals surface area contributed by atoms with Gasteiger partial charge >= 0.3 is 0 Å². The van der Waals surface area contributed by atoms with Crippen molar-refractivity contribution >= 4 is 38.3 Å². The molecule has 1 aliphatic rings. The van der Waals surface area contributed by atoms with Gasteiger partial charge in [-0.25, -0.2) is 0 Å². The Morgan fingerprint density at radius 2 is 2.00 bits per heavy atom. The highest BCUT2D eigenvalue weighted by Gasteiger charge is 2.21. The van der Waals surface area contributed by atoms with Crippen LogP contribution in [0.1, 0.15) is 12.8 Å². The Hall–Kier alpha value is -1.39. The number of rotatable bonds is 2. The summed E-state index contributed by atoms with van der Waals surface area (Å²) in [6.45, 7) is 1.80. The number of nitrogens with one attached hydrogen (secondary N) is 2. The van der Waals surface area contributed by atoms with Crippen molar-refractivity contribution < 1.29 is 4.79 Å². The van der Waals surface area contributed by atoms with Gasteiger partial charge in [0.25, 0.3) is 0 Å². The minimum atomic E-state index is 0.0751. The fraction of sp³-hybridized carbons (Fsp3) is 0.312. The predicted molar refractivity (Wildman–Crippen MR) is 85.9 cm³/mol. The third-order valence-electron chi connectivity index (χ3n) is 3.80. The number of hydrogen-bond donors (Lipinski definition) is 2. The molecule has 4 heteroatoms. The minimum Gasteiger partial charge on any atom is -0.325 e. The Bertz CT molecular complexity index is 635. The second kappa shape index (κ2) is 5.94. The number of fused-ring (bicyclic) bond motifs is 1. The zero-order valence-corrected chi connectivity index (χ0v) is 12.7. The largest absolute Gasteiger partial charge is 0.325 e. The number of amides is 1. The van der Waals surface area contributed by atoms with E-state index >= 15 is 0 Å². The average molecular weight is 333 g/mol. The molecule has 1 saturated heterocycles. The molecule has 0 aromatic heterocycles. The van der Waals surface area contributed by atoms with Gasteiger partial charge in [-0.15, -0.1) is 0 Å². The van der Waals surface area contributed by atoms with Crippen molar-refractivity contribution in [3.8, 4) is 0 Å². The van der Waals surface area contributed by atoms with Gasteiger partial charge in [0, 0.05) is 22.1 Å². The standard InChI is InChI=1S/C16H17BrN2O/c17-14-7-8-15(13-6-2-1-5-12(13)14)19-16(20)11-4-3-9-18-10-11/h1-2,5-8,11,18H,3-4,9-10H2,(H,19,20). The Morgan fingerprint density at radius 1 is 1.20 bits per heavy atom. The van der Waals surface area contributed by atoms with Crippen molar-refractivity contribution in [2.45, 2.75) is 12.8 Å². The first-order valence-electron chi connectivity index (χ1n) is 6.94. The summed E-state index contributed by atoms with van der Waals surface area (Å²) in [6, 6.07) is 12.0. The lowest BCUT2D eigenvalue weighted by Crippen LogP contribution is -2.37. The third-order valence-corrected chi connectivity index (χ3v) is 4.49. The van der Waals surface area contributed by atoms with Crippen molar-refractivity contribution in [2.24, 2.45) is 5.92 Å². The van der Waals surface area contributed by atoms with Crippen LogP contribution in [0.2, 0.25) is 0 Å². The molecule has 2 aromatic rings. The van der Waals surface area contributed by atoms with E-state index in [4.69, 9.17) is 0 Å². The number of piperidine rings is 1. The van der Waals surface area contributed by atoms with Crippen LogP contribution in [0.4, 0.5) is 5.69 Å². The molecular formula is C16H17BrN2O. The number of anilines is 1. The topological polar surface area (TPSA) is 41.1 Å². The van der Waals surface area contributed by atoms with Gasteiger partial charge in [-0.05, 0) is 36.9 Å². The predicted octanol–water partition coefficient (Wildman–Crippen LogP) is 3.54. The fourth-order valence-corrected chi connectivity index (χ4v) is 3.16. The zero-order valence-electron chi connectivity index (χ0n) is 11.2. The van der Waals surface area contributed by atoms with Crippen LogP contribution in [0.15, 0.2) is 40.9 Å². The fourth-order valence-electron chi connectivity index (χ4n) is 2.68. The highest BCUT2D eigenvalue weighted by atomic mass is 79.9. The molecule has 3 rings (SSSR count). The molecule has 0 radical (unpaired) electrons. The van der Waals surface area contributed by atoms with Crippen LogP contribution < -0.4 is 10.6 Å². The molecule has 2 aromatic carbocycles. The van der Waals surface area contributed by atoms with Crippen LogP contribution in [0.5, 0.6) is 0 Å². The van der Waals surface area contributed by atoms with Gasteiger partial charge in [0.05, 0.1) is 5.92 Å². The highest BCUT2D eigenvalue weighted by molar-refractivity contribution is 9.10. The Morgan fingerprint density at radius 3 is 2.75 bits per heavy atom. The van der Waals surface area contributed by atoms with Gasteiger partial charge in [0.1, 0.15) is 0 Å². The normalized spacial score (nSPS) is 18.9. The van der Waals surface area contributed by atoms with E-state index < -0.39 is 0 Å². The summed E-state index contributed by atoms with van der Waals surface area (Å²) >= 11 is 3.55. The van der Waals surface area contributed by atoms with Crippen LogP contribution in [-0.2, 0) is 4.79 Å². The van der Waals surface area contributed by atoms with E-state index in [1.54, 1.807) is 0 Å². The number of halogens is 1. The summed E-state index contributed by atoms with van der Waals surface area (Å²) < 4.78 is 1.05. The summed E-state index contributed by atoms with van der Waals surface area (Å²) in [6.07, 6.45) is 2.03. The lowest BCUT2D eigenvalue weighted by Gasteiger charge is -2.22. The van der Waals surface area contributed by atoms with Crippen LogP contribution in [0.3, 0.4) is 0 Å². The molecule has 0 saturated carbocycles. The molecule has 1 amide bonds. The molecular weight excluding hydrogens is 316 g/mol. The van der Waals surface area contributed by atoms with Gasteiger partial charge in [-0.1, -0.05) is 40.2 Å². The number of carbonyl (C=O) groups is 1. The van der Waals surface area contributed by atoms with Gasteiger partial charge in [-0.2, -0.15) is 0 Å². The minimum absolute atomic E-state index is 0.0751. The van der Waals surface area contributed by atoms with Crippen molar-refractivity contribution in [3.63, 3.8) is 0 Å². The van der Waals surface area contributed by atoms with Crippen molar-refractivity contribution in [1.82, 2.24) is 5.32 Å². The Kier molecular flexibility index (Phi) is 4.03. The maximum atomic E-state index is 12.3. The van der Waals surface area contributed by atoms with Crippen LogP contribution >= 0.6 is 15.9 Å². The number of carbonyl (C=O) groups excluding carboxylic acids is 1. The first-order chi connectivity index (χ1) is 9.75. The molecule has 1 aliphatic heterocycles. The number of hydrogen-bond acceptors (Lipinski definition) is 2. The SMILES string of the molecule is O=C(Nc1ccc(Br)c2ccccc12)C1CCCNC1. The van der Waals surface area contributed by atoms with Gasteiger partial charge in [0.2, 0.25) is 5.91 Å². The zero-order chi connectivity index (χ0) is 13.9. The molecule has 3 nitrogen and oxygen atoms in total. The smallest absolute Gasteiger partial charge is 0.228 e. The molecule has 1 heterocycles. The van der Waals surface area contributed by atoms with Crippen molar-refractivity contribution in [3.05, 3.63) is 40.9 Å². The molecule has 0 bridgehead atoms. The summed E-state index contributed by atoms with van der Waals surface area (Å²) in [4.78, 5) is 12.3. The van der Waals surface area contributed by atoms with Gasteiger partial charge in [0.15, 0.2) is 0 Å². The second-order valence-electron chi connectivity index (χ2n) is 5.17. The van der Waals surface area contributed by atoms with Crippen LogP contribution in [0, 0.1) is 5.92 Å². The third kappa shape index (κ3) is 2.72. The lowest BCUT2D eigenvalue weighted by molar-refractivity contribution is -0.120. The van der Waals surface area contributed by atoms with Crippen molar-refractivity contribution in [1.29, 1.82) is 0 Å². The molecule has 1 atom stereocenters. The molecule has 104 valence electrons. The molecule has 2 N–H and O–H groups in total. The van der Waals surface area contributed by atoms with Crippen LogP contribution in [-0.4, -0.2) is 19.0 Å². The van der Waals surface area contributed by atoms with E-state index in [0.29, 0.717) is 0 Å². The summed E-state index contributed by atoms with van der Waals surface area (Å²) in [5, 5.41) is 8.55. The summed E-state index contributed by atoms with van der Waals surface area (Å²) in [7, 11) is 0. The van der Waals surface area contributed by atoms with Gasteiger partial charge < -0.3 is 10.6 Å². The first kappa shape index (κ1) is 13.6. The Labute approximate surface area is 126 Å². The van der Waals surface area contributed by atoms with E-state index in [0.717, 1.165) is 46.9 Å². The van der Waals surface area contributed by atoms with E-state index in [9.17, 15) is 4.79 Å². The van der Waals surface area contributed by atoms with E-state index in [2.05, 4.69) is 32.6 Å².